The van der Waals surface area contributed by atoms with E-state index < -0.39 is 5.66 Å². The molecular weight excluding hydrogens is 588 g/mol. The van der Waals surface area contributed by atoms with Gasteiger partial charge in [-0.3, -0.25) is 19.5 Å². The van der Waals surface area contributed by atoms with Crippen LogP contribution >= 0.6 is 0 Å². The molecule has 2 heterocycles. The monoisotopic (exact) mass is 634 g/mol. The maximum absolute atomic E-state index is 13.1. The highest BCUT2D eigenvalue weighted by Gasteiger charge is 2.59. The number of nitrogens with one attached hydrogen (secondary N) is 1. The third-order valence-electron chi connectivity index (χ3n) is 9.83. The first kappa shape index (κ1) is 32.2. The highest BCUT2D eigenvalue weighted by molar-refractivity contribution is 6.09. The van der Waals surface area contributed by atoms with Gasteiger partial charge in [-0.15, -0.1) is 0 Å². The van der Waals surface area contributed by atoms with Crippen LogP contribution in [-0.4, -0.2) is 92.0 Å². The summed E-state index contributed by atoms with van der Waals surface area (Å²) in [6.07, 6.45) is 8.16. The van der Waals surface area contributed by atoms with Gasteiger partial charge in [-0.1, -0.05) is 31.2 Å². The Hall–Kier alpha value is -4.70. The molecule has 1 fully saturated rings. The van der Waals surface area contributed by atoms with Gasteiger partial charge in [-0.05, 0) is 74.2 Å². The number of aromatic nitrogens is 2. The lowest BCUT2D eigenvalue weighted by Crippen LogP contribution is -2.33. The number of fused-ring (bicyclic) bond motifs is 3. The normalized spacial score (nSPS) is 21.7. The molecule has 3 N–H and O–H groups in total. The molecule has 3 atom stereocenters. The van der Waals surface area contributed by atoms with E-state index in [1.165, 1.54) is 16.7 Å². The number of amides is 1. The second-order valence-electron chi connectivity index (χ2n) is 13.2. The molecule has 0 spiro atoms. The van der Waals surface area contributed by atoms with Gasteiger partial charge >= 0.3 is 0 Å². The molecule has 6 rings (SSSR count). The van der Waals surface area contributed by atoms with Crippen LogP contribution in [0.5, 0.6) is 5.75 Å². The van der Waals surface area contributed by atoms with Crippen LogP contribution in [0.4, 0.5) is 5.69 Å². The summed E-state index contributed by atoms with van der Waals surface area (Å²) in [7, 11) is 11.3. The van der Waals surface area contributed by atoms with E-state index in [4.69, 9.17) is 20.6 Å². The summed E-state index contributed by atoms with van der Waals surface area (Å²) in [5.74, 6) is 1.16. The zero-order chi connectivity index (χ0) is 33.5. The highest BCUT2D eigenvalue weighted by Crippen LogP contribution is 2.59. The maximum Gasteiger partial charge on any atom is 0.253 e. The van der Waals surface area contributed by atoms with Crippen molar-refractivity contribution in [2.24, 2.45) is 34.6 Å². The predicted octanol–water partition coefficient (Wildman–Crippen LogP) is 4.98. The standard InChI is InChI=1S/C37H46N8O2/c1-23-29-19-37(29,41-30-14-12-26(18-32(30)47-7)36(46)44(5)17-16-43(3)4)40-22-27-13-15-31-34(33(23)27)35(45(6)42-31)25-10-8-24(9-11-25)28(20-38)21-39-2/h8-12,14,18,20-23,29,41H,13,15-17,19,38H2,1-7H3/b28-20+,39-21?. The molecule has 0 saturated heterocycles. The van der Waals surface area contributed by atoms with E-state index in [-0.39, 0.29) is 11.8 Å². The van der Waals surface area contributed by atoms with E-state index in [1.54, 1.807) is 31.5 Å². The molecule has 3 aromatic rings. The number of hydrogen-bond acceptors (Lipinski definition) is 8. The van der Waals surface area contributed by atoms with Crippen molar-refractivity contribution in [1.29, 1.82) is 0 Å². The average molecular weight is 635 g/mol. The van der Waals surface area contributed by atoms with Crippen molar-refractivity contribution >= 4 is 35.2 Å². The maximum atomic E-state index is 13.1. The molecule has 47 heavy (non-hydrogen) atoms. The third-order valence-corrected chi connectivity index (χ3v) is 9.83. The van der Waals surface area contributed by atoms with Crippen LogP contribution in [0.15, 0.2) is 64.2 Å². The van der Waals surface area contributed by atoms with E-state index in [0.717, 1.165) is 59.6 Å². The minimum Gasteiger partial charge on any atom is -0.495 e. The molecule has 0 radical (unpaired) electrons. The first-order chi connectivity index (χ1) is 22.6. The van der Waals surface area contributed by atoms with Gasteiger partial charge in [0.25, 0.3) is 5.91 Å². The number of carbonyl (C=O) groups is 1. The second-order valence-corrected chi connectivity index (χ2v) is 13.2. The average Bonchev–Trinajstić information content (AvgIpc) is 3.70. The van der Waals surface area contributed by atoms with Gasteiger partial charge < -0.3 is 25.6 Å². The summed E-state index contributed by atoms with van der Waals surface area (Å²) in [4.78, 5) is 26.3. The molecular formula is C37H46N8O2. The number of nitrogens with zero attached hydrogens (tertiary/aromatic N) is 6. The first-order valence-corrected chi connectivity index (χ1v) is 16.3. The van der Waals surface area contributed by atoms with Crippen molar-refractivity contribution in [3.63, 3.8) is 0 Å². The first-order valence-electron chi connectivity index (χ1n) is 16.3. The molecule has 1 aromatic heterocycles. The van der Waals surface area contributed by atoms with E-state index in [1.807, 2.05) is 51.1 Å². The number of anilines is 1. The van der Waals surface area contributed by atoms with Gasteiger partial charge in [0.1, 0.15) is 11.4 Å². The van der Waals surface area contributed by atoms with Gasteiger partial charge in [0.2, 0.25) is 0 Å². The van der Waals surface area contributed by atoms with Crippen molar-refractivity contribution in [2.75, 3.05) is 53.7 Å². The summed E-state index contributed by atoms with van der Waals surface area (Å²) in [5, 5.41) is 8.75. The fourth-order valence-corrected chi connectivity index (χ4v) is 7.16. The van der Waals surface area contributed by atoms with Crippen LogP contribution in [0.25, 0.3) is 22.4 Å². The number of methoxy groups -OCH3 is 1. The van der Waals surface area contributed by atoms with Gasteiger partial charge in [0, 0.05) is 81.0 Å². The van der Waals surface area contributed by atoms with E-state index in [2.05, 4.69) is 52.6 Å². The Kier molecular flexibility index (Phi) is 8.80. The minimum absolute atomic E-state index is 0.0269. The SMILES string of the molecule is CN=C/C(=C\N)c1ccc(-c2c3c(nn2C)CCC2=C3C(C)C3CC3(Nc3ccc(C(=O)N(C)CCN(C)C)cc3OC)N=C2)cc1. The number of aryl methyl sites for hydroxylation is 2. The number of aliphatic imine (C=N–C) groups is 2. The van der Waals surface area contributed by atoms with Crippen LogP contribution in [0.2, 0.25) is 0 Å². The number of hydrogen-bond donors (Lipinski definition) is 2. The molecule has 1 saturated carbocycles. The van der Waals surface area contributed by atoms with Crippen LogP contribution in [0.1, 0.15) is 46.9 Å². The fourth-order valence-electron chi connectivity index (χ4n) is 7.16. The molecule has 3 unspecified atom stereocenters. The zero-order valence-electron chi connectivity index (χ0n) is 28.5. The predicted molar refractivity (Wildman–Crippen MR) is 191 cm³/mol. The van der Waals surface area contributed by atoms with Gasteiger partial charge in [0.05, 0.1) is 24.2 Å². The van der Waals surface area contributed by atoms with Crippen molar-refractivity contribution in [3.8, 4) is 17.0 Å². The van der Waals surface area contributed by atoms with E-state index in [9.17, 15) is 4.79 Å². The largest absolute Gasteiger partial charge is 0.495 e. The molecule has 10 heteroatoms. The number of rotatable bonds is 10. The van der Waals surface area contributed by atoms with Gasteiger partial charge in [-0.25, -0.2) is 0 Å². The lowest BCUT2D eigenvalue weighted by molar-refractivity contribution is 0.0786. The number of carbonyl (C=O) groups excluding carboxylic acids is 1. The quantitative estimate of drug-likeness (QED) is 0.305. The molecule has 1 amide bonds. The summed E-state index contributed by atoms with van der Waals surface area (Å²) < 4.78 is 7.83. The van der Waals surface area contributed by atoms with Crippen molar-refractivity contribution in [3.05, 3.63) is 76.6 Å². The van der Waals surface area contributed by atoms with Gasteiger partial charge in [-0.2, -0.15) is 5.10 Å². The second kappa shape index (κ2) is 12.8. The van der Waals surface area contributed by atoms with Crippen molar-refractivity contribution < 1.29 is 9.53 Å². The molecule has 2 aliphatic carbocycles. The fraction of sp³-hybridized carbons (Fsp3) is 0.405. The number of allylic oxidation sites excluding steroid dienone is 3. The molecule has 0 bridgehead atoms. The smallest absolute Gasteiger partial charge is 0.253 e. The number of benzene rings is 2. The van der Waals surface area contributed by atoms with Crippen LogP contribution < -0.4 is 15.8 Å². The summed E-state index contributed by atoms with van der Waals surface area (Å²) in [6.45, 7) is 3.78. The highest BCUT2D eigenvalue weighted by atomic mass is 16.5. The lowest BCUT2D eigenvalue weighted by atomic mass is 9.79. The Morgan fingerprint density at radius 2 is 1.89 bits per heavy atom. The molecule has 246 valence electrons. The Balaban J connectivity index is 1.26. The lowest BCUT2D eigenvalue weighted by Gasteiger charge is -2.24. The third kappa shape index (κ3) is 5.98. The van der Waals surface area contributed by atoms with Crippen molar-refractivity contribution in [1.82, 2.24) is 19.6 Å². The Bertz CT molecular complexity index is 1800. The van der Waals surface area contributed by atoms with Crippen LogP contribution in [-0.2, 0) is 13.5 Å². The van der Waals surface area contributed by atoms with E-state index >= 15 is 0 Å². The summed E-state index contributed by atoms with van der Waals surface area (Å²) in [6, 6.07) is 14.1. The Morgan fingerprint density at radius 1 is 1.15 bits per heavy atom. The molecule has 3 aliphatic rings. The summed E-state index contributed by atoms with van der Waals surface area (Å²) >= 11 is 0. The zero-order valence-corrected chi connectivity index (χ0v) is 28.5. The topological polar surface area (TPSA) is 113 Å². The molecule has 2 aromatic carbocycles. The minimum atomic E-state index is -0.436. The van der Waals surface area contributed by atoms with E-state index in [0.29, 0.717) is 23.8 Å². The number of likely N-dealkylation sites (N-methyl/N-ethyl adjacent to an activating group) is 2. The van der Waals surface area contributed by atoms with Gasteiger partial charge in [0.15, 0.2) is 0 Å². The number of ether oxygens (including phenoxy) is 1. The van der Waals surface area contributed by atoms with Crippen molar-refractivity contribution in [2.45, 2.75) is 31.8 Å². The van der Waals surface area contributed by atoms with Crippen LogP contribution in [0.3, 0.4) is 0 Å². The Morgan fingerprint density at radius 3 is 2.57 bits per heavy atom. The Labute approximate surface area is 277 Å². The molecule has 1 aliphatic heterocycles. The molecule has 10 nitrogen and oxygen atoms in total. The number of nitrogens with two attached hydrogens (primary N) is 1. The summed E-state index contributed by atoms with van der Waals surface area (Å²) in [5.41, 5.74) is 16.0. The van der Waals surface area contributed by atoms with Crippen LogP contribution in [0, 0.1) is 11.8 Å².